The van der Waals surface area contributed by atoms with E-state index in [0.717, 1.165) is 5.56 Å². The number of benzene rings is 2. The van der Waals surface area contributed by atoms with Crippen molar-refractivity contribution in [2.45, 2.75) is 25.3 Å². The minimum Gasteiger partial charge on any atom is -0.348 e. The fourth-order valence-corrected chi connectivity index (χ4v) is 4.78. The second-order valence-corrected chi connectivity index (χ2v) is 9.03. The van der Waals surface area contributed by atoms with Gasteiger partial charge in [0.1, 0.15) is 0 Å². The minimum absolute atomic E-state index is 0.0671. The van der Waals surface area contributed by atoms with Crippen molar-refractivity contribution in [3.8, 4) is 0 Å². The van der Waals surface area contributed by atoms with Gasteiger partial charge in [0.2, 0.25) is 15.6 Å². The Hall–Kier alpha value is -2.68. The number of aromatic amines is 1. The molecule has 3 rings (SSSR count). The number of hydrogen-bond donors (Lipinski definition) is 2. The standard InChI is InChI=1S/C21H22ClN3O4S/c1-3-25(4-2)30(28,29)16-9-10-19-17(11-16)18(12-20(26)24-19)21(27)23-13-14-5-7-15(22)8-6-14/h5-12H,3-4,13H2,1-2H3,(H,23,27)(H,24,26). The van der Waals surface area contributed by atoms with Crippen LogP contribution in [-0.4, -0.2) is 36.7 Å². The molecule has 0 atom stereocenters. The van der Waals surface area contributed by atoms with E-state index in [0.29, 0.717) is 29.0 Å². The lowest BCUT2D eigenvalue weighted by Crippen LogP contribution is -2.30. The molecule has 1 amide bonds. The van der Waals surface area contributed by atoms with Crippen LogP contribution in [0.2, 0.25) is 5.02 Å². The second kappa shape index (κ2) is 8.99. The summed E-state index contributed by atoms with van der Waals surface area (Å²) in [5, 5.41) is 3.71. The predicted molar refractivity (Wildman–Crippen MR) is 117 cm³/mol. The zero-order valence-corrected chi connectivity index (χ0v) is 18.2. The van der Waals surface area contributed by atoms with Crippen LogP contribution in [0.25, 0.3) is 10.9 Å². The van der Waals surface area contributed by atoms with Crippen LogP contribution in [0.5, 0.6) is 0 Å². The van der Waals surface area contributed by atoms with E-state index in [1.165, 1.54) is 28.6 Å². The molecule has 1 heterocycles. The molecule has 0 bridgehead atoms. The molecular weight excluding hydrogens is 426 g/mol. The van der Waals surface area contributed by atoms with Gasteiger partial charge in [-0.05, 0) is 35.9 Å². The minimum atomic E-state index is -3.71. The van der Waals surface area contributed by atoms with Gasteiger partial charge in [-0.15, -0.1) is 0 Å². The van der Waals surface area contributed by atoms with Gasteiger partial charge in [-0.1, -0.05) is 37.6 Å². The van der Waals surface area contributed by atoms with Crippen LogP contribution in [0.15, 0.2) is 58.2 Å². The highest BCUT2D eigenvalue weighted by molar-refractivity contribution is 7.89. The molecule has 0 unspecified atom stereocenters. The van der Waals surface area contributed by atoms with Crippen LogP contribution in [0.4, 0.5) is 0 Å². The third-order valence-corrected chi connectivity index (χ3v) is 7.07. The summed E-state index contributed by atoms with van der Waals surface area (Å²) >= 11 is 5.87. The highest BCUT2D eigenvalue weighted by atomic mass is 35.5. The average Bonchev–Trinajstić information content (AvgIpc) is 2.72. The Morgan fingerprint density at radius 2 is 1.73 bits per heavy atom. The van der Waals surface area contributed by atoms with Gasteiger partial charge in [0, 0.05) is 41.6 Å². The number of carbonyl (C=O) groups is 1. The van der Waals surface area contributed by atoms with Crippen molar-refractivity contribution < 1.29 is 13.2 Å². The zero-order chi connectivity index (χ0) is 21.9. The number of aromatic nitrogens is 1. The lowest BCUT2D eigenvalue weighted by molar-refractivity contribution is 0.0952. The number of sulfonamides is 1. The van der Waals surface area contributed by atoms with Gasteiger partial charge in [-0.3, -0.25) is 9.59 Å². The number of nitrogens with one attached hydrogen (secondary N) is 2. The van der Waals surface area contributed by atoms with E-state index >= 15 is 0 Å². The van der Waals surface area contributed by atoms with E-state index in [1.54, 1.807) is 38.1 Å². The Morgan fingerprint density at radius 1 is 1.07 bits per heavy atom. The zero-order valence-electron chi connectivity index (χ0n) is 16.6. The monoisotopic (exact) mass is 447 g/mol. The molecule has 0 aliphatic rings. The van der Waals surface area contributed by atoms with Crippen LogP contribution in [-0.2, 0) is 16.6 Å². The van der Waals surface area contributed by atoms with E-state index in [4.69, 9.17) is 11.6 Å². The molecule has 7 nitrogen and oxygen atoms in total. The van der Waals surface area contributed by atoms with Crippen LogP contribution in [0, 0.1) is 0 Å². The summed E-state index contributed by atoms with van der Waals surface area (Å²) < 4.78 is 27.1. The van der Waals surface area contributed by atoms with E-state index in [9.17, 15) is 18.0 Å². The van der Waals surface area contributed by atoms with Gasteiger partial charge in [0.15, 0.2) is 0 Å². The van der Waals surface area contributed by atoms with Crippen molar-refractivity contribution in [1.82, 2.24) is 14.6 Å². The normalized spacial score (nSPS) is 11.7. The number of pyridine rings is 1. The first-order valence-corrected chi connectivity index (χ1v) is 11.3. The summed E-state index contributed by atoms with van der Waals surface area (Å²) in [6.07, 6.45) is 0. The molecule has 30 heavy (non-hydrogen) atoms. The number of H-pyrrole nitrogens is 1. The van der Waals surface area contributed by atoms with E-state index < -0.39 is 21.5 Å². The maximum Gasteiger partial charge on any atom is 0.252 e. The smallest absolute Gasteiger partial charge is 0.252 e. The third-order valence-electron chi connectivity index (χ3n) is 4.77. The van der Waals surface area contributed by atoms with Crippen LogP contribution < -0.4 is 10.9 Å². The number of nitrogens with zero attached hydrogens (tertiary/aromatic N) is 1. The summed E-state index contributed by atoms with van der Waals surface area (Å²) in [4.78, 5) is 27.5. The summed E-state index contributed by atoms with van der Waals surface area (Å²) in [6.45, 7) is 4.42. The molecule has 9 heteroatoms. The first-order valence-electron chi connectivity index (χ1n) is 9.46. The number of carbonyl (C=O) groups excluding carboxylic acids is 1. The highest BCUT2D eigenvalue weighted by Crippen LogP contribution is 2.23. The van der Waals surface area contributed by atoms with Gasteiger partial charge < -0.3 is 10.3 Å². The van der Waals surface area contributed by atoms with Crippen LogP contribution >= 0.6 is 11.6 Å². The van der Waals surface area contributed by atoms with E-state index in [1.807, 2.05) is 0 Å². The Morgan fingerprint density at radius 3 is 2.37 bits per heavy atom. The van der Waals surface area contributed by atoms with Gasteiger partial charge in [0.05, 0.1) is 10.5 Å². The Bertz CT molecular complexity index is 1230. The SMILES string of the molecule is CCN(CC)S(=O)(=O)c1ccc2[nH]c(=O)cc(C(=O)NCc3ccc(Cl)cc3)c2c1. The fraction of sp³-hybridized carbons (Fsp3) is 0.238. The topological polar surface area (TPSA) is 99.3 Å². The van der Waals surface area contributed by atoms with Crippen molar-refractivity contribution in [3.05, 3.63) is 75.0 Å². The van der Waals surface area contributed by atoms with Gasteiger partial charge in [-0.2, -0.15) is 4.31 Å². The second-order valence-electron chi connectivity index (χ2n) is 6.65. The first kappa shape index (κ1) is 22.0. The van der Waals surface area contributed by atoms with Crippen LogP contribution in [0.1, 0.15) is 29.8 Å². The summed E-state index contributed by atoms with van der Waals surface area (Å²) in [5.74, 6) is -0.474. The summed E-state index contributed by atoms with van der Waals surface area (Å²) in [7, 11) is -3.71. The largest absolute Gasteiger partial charge is 0.348 e. The van der Waals surface area contributed by atoms with E-state index in [2.05, 4.69) is 10.3 Å². The number of amides is 1. The number of fused-ring (bicyclic) bond motifs is 1. The summed E-state index contributed by atoms with van der Waals surface area (Å²) in [5.41, 5.74) is 0.891. The van der Waals surface area contributed by atoms with Crippen molar-refractivity contribution in [3.63, 3.8) is 0 Å². The molecule has 1 aromatic heterocycles. The lowest BCUT2D eigenvalue weighted by Gasteiger charge is -2.19. The predicted octanol–water partition coefficient (Wildman–Crippen LogP) is 3.14. The molecule has 0 saturated heterocycles. The maximum absolute atomic E-state index is 12.9. The Kier molecular flexibility index (Phi) is 6.60. The molecule has 0 radical (unpaired) electrons. The summed E-state index contributed by atoms with van der Waals surface area (Å²) in [6, 6.07) is 12.5. The van der Waals surface area contributed by atoms with Crippen molar-refractivity contribution in [2.75, 3.05) is 13.1 Å². The lowest BCUT2D eigenvalue weighted by atomic mass is 10.1. The molecule has 158 valence electrons. The molecule has 0 aliphatic heterocycles. The molecule has 3 aromatic rings. The van der Waals surface area contributed by atoms with Gasteiger partial charge in [0.25, 0.3) is 5.91 Å². The quantitative estimate of drug-likeness (QED) is 0.581. The molecule has 0 fully saturated rings. The molecule has 0 aliphatic carbocycles. The molecule has 2 N–H and O–H groups in total. The number of hydrogen-bond acceptors (Lipinski definition) is 4. The Labute approximate surface area is 179 Å². The van der Waals surface area contributed by atoms with Gasteiger partial charge >= 0.3 is 0 Å². The molecule has 0 saturated carbocycles. The fourth-order valence-electron chi connectivity index (χ4n) is 3.17. The van der Waals surface area contributed by atoms with Crippen molar-refractivity contribution >= 4 is 38.4 Å². The molecular formula is C21H22ClN3O4S. The molecule has 2 aromatic carbocycles. The number of rotatable bonds is 7. The van der Waals surface area contributed by atoms with E-state index in [-0.39, 0.29) is 17.0 Å². The van der Waals surface area contributed by atoms with Crippen molar-refractivity contribution in [2.24, 2.45) is 0 Å². The average molecular weight is 448 g/mol. The van der Waals surface area contributed by atoms with Crippen molar-refractivity contribution in [1.29, 1.82) is 0 Å². The third kappa shape index (κ3) is 4.56. The van der Waals surface area contributed by atoms with Crippen LogP contribution in [0.3, 0.4) is 0 Å². The molecule has 0 spiro atoms. The maximum atomic E-state index is 12.9. The Balaban J connectivity index is 2.00. The van der Waals surface area contributed by atoms with Gasteiger partial charge in [-0.25, -0.2) is 8.42 Å². The number of halogens is 1. The first-order chi connectivity index (χ1) is 14.3. The highest BCUT2D eigenvalue weighted by Gasteiger charge is 2.23.